The Balaban J connectivity index is 2.64. The van der Waals surface area contributed by atoms with Gasteiger partial charge < -0.3 is 0 Å². The molecule has 18 heavy (non-hydrogen) atoms. The van der Waals surface area contributed by atoms with Gasteiger partial charge in [-0.3, -0.25) is 14.1 Å². The average molecular weight is 289 g/mol. The van der Waals surface area contributed by atoms with E-state index in [4.69, 9.17) is 16.2 Å². The van der Waals surface area contributed by atoms with Gasteiger partial charge in [0.15, 0.2) is 16.4 Å². The number of ketones is 2. The summed E-state index contributed by atoms with van der Waals surface area (Å²) in [5.74, 6) is -1.59. The molecule has 0 saturated heterocycles. The van der Waals surface area contributed by atoms with Crippen LogP contribution >= 0.6 is 11.6 Å². The van der Waals surface area contributed by atoms with Crippen molar-refractivity contribution in [1.82, 2.24) is 0 Å². The van der Waals surface area contributed by atoms with Crippen LogP contribution in [0.4, 0.5) is 0 Å². The van der Waals surface area contributed by atoms with E-state index in [0.717, 1.165) is 6.92 Å². The molecule has 0 aromatic heterocycles. The van der Waals surface area contributed by atoms with E-state index in [1.807, 2.05) is 0 Å². The van der Waals surface area contributed by atoms with Crippen LogP contribution in [0.2, 0.25) is 0 Å². The molecule has 0 saturated carbocycles. The maximum atomic E-state index is 12.1. The molecule has 2 rings (SSSR count). The third-order valence-electron chi connectivity index (χ3n) is 3.08. The topological polar surface area (TPSA) is 88.5 Å². The average Bonchev–Trinajstić information content (AvgIpc) is 2.51. The third kappa shape index (κ3) is 1.60. The minimum Gasteiger partial charge on any atom is -0.292 e. The number of rotatable bonds is 2. The standard InChI is InChI=1S/C11H9ClO5S/c1-6(18(15,16)17)11(12)9(13)7-4-2-3-5-8(7)10(11)14/h2-6H,1H3,(H,15,16,17). The number of hydrogen-bond donors (Lipinski definition) is 1. The molecule has 1 aromatic rings. The Bertz CT molecular complexity index is 614. The van der Waals surface area contributed by atoms with E-state index in [2.05, 4.69) is 0 Å². The Kier molecular flexibility index (Phi) is 2.84. The van der Waals surface area contributed by atoms with E-state index < -0.39 is 31.8 Å². The van der Waals surface area contributed by atoms with E-state index in [0.29, 0.717) is 0 Å². The van der Waals surface area contributed by atoms with Gasteiger partial charge in [-0.2, -0.15) is 8.42 Å². The van der Waals surface area contributed by atoms with E-state index in [1.54, 1.807) is 12.1 Å². The number of Topliss-reactive ketones (excluding diaryl/α,β-unsaturated/α-hetero) is 2. The highest BCUT2D eigenvalue weighted by molar-refractivity contribution is 7.86. The molecule has 1 unspecified atom stereocenters. The van der Waals surface area contributed by atoms with Gasteiger partial charge in [0, 0.05) is 11.1 Å². The molecular formula is C11H9ClO5S. The van der Waals surface area contributed by atoms with Crippen LogP contribution in [0, 0.1) is 0 Å². The number of hydrogen-bond acceptors (Lipinski definition) is 4. The summed E-state index contributed by atoms with van der Waals surface area (Å²) in [6.07, 6.45) is 0. The largest absolute Gasteiger partial charge is 0.292 e. The number of alkyl halides is 1. The SMILES string of the molecule is CC(C1(Cl)C(=O)c2ccccc2C1=O)S(=O)(=O)O. The number of carbonyl (C=O) groups is 2. The zero-order valence-corrected chi connectivity index (χ0v) is 10.8. The first-order chi connectivity index (χ1) is 8.20. The third-order valence-corrected chi connectivity index (χ3v) is 5.13. The molecule has 1 aliphatic carbocycles. The van der Waals surface area contributed by atoms with Crippen molar-refractivity contribution in [2.24, 2.45) is 0 Å². The molecule has 0 fully saturated rings. The number of benzene rings is 1. The first-order valence-corrected chi connectivity index (χ1v) is 6.92. The number of halogens is 1. The maximum absolute atomic E-state index is 12.1. The van der Waals surface area contributed by atoms with Crippen LogP contribution in [0.25, 0.3) is 0 Å². The summed E-state index contributed by atoms with van der Waals surface area (Å²) < 4.78 is 31.3. The van der Waals surface area contributed by atoms with Crippen molar-refractivity contribution in [2.45, 2.75) is 17.0 Å². The molecule has 0 amide bonds. The lowest BCUT2D eigenvalue weighted by Gasteiger charge is -2.22. The van der Waals surface area contributed by atoms with Gasteiger partial charge in [0.05, 0.1) is 0 Å². The predicted octanol–water partition coefficient (Wildman–Crippen LogP) is 1.32. The molecule has 1 N–H and O–H groups in total. The summed E-state index contributed by atoms with van der Waals surface area (Å²) in [4.78, 5) is 21.9. The van der Waals surface area contributed by atoms with E-state index in [9.17, 15) is 18.0 Å². The molecule has 0 aliphatic heterocycles. The summed E-state index contributed by atoms with van der Waals surface area (Å²) >= 11 is 5.93. The van der Waals surface area contributed by atoms with Crippen LogP contribution in [-0.2, 0) is 10.1 Å². The lowest BCUT2D eigenvalue weighted by Crippen LogP contribution is -2.49. The lowest BCUT2D eigenvalue weighted by molar-refractivity contribution is 0.0858. The Morgan fingerprint density at radius 2 is 1.56 bits per heavy atom. The summed E-state index contributed by atoms with van der Waals surface area (Å²) in [7, 11) is -4.60. The molecule has 1 atom stereocenters. The molecule has 0 radical (unpaired) electrons. The second kappa shape index (κ2) is 3.88. The Hall–Kier alpha value is -1.24. The molecule has 7 heteroatoms. The normalized spacial score (nSPS) is 19.7. The minimum atomic E-state index is -4.60. The van der Waals surface area contributed by atoms with Crippen molar-refractivity contribution in [2.75, 3.05) is 0 Å². The van der Waals surface area contributed by atoms with Gasteiger partial charge in [-0.15, -0.1) is 0 Å². The highest BCUT2D eigenvalue weighted by atomic mass is 35.5. The van der Waals surface area contributed by atoms with E-state index in [1.165, 1.54) is 12.1 Å². The molecular weight excluding hydrogens is 280 g/mol. The fourth-order valence-electron chi connectivity index (χ4n) is 1.95. The quantitative estimate of drug-likeness (QED) is 0.504. The molecule has 0 spiro atoms. The smallest absolute Gasteiger partial charge is 0.270 e. The first-order valence-electron chi connectivity index (χ1n) is 5.04. The Labute approximate surface area is 109 Å². The minimum absolute atomic E-state index is 0.0769. The Morgan fingerprint density at radius 1 is 1.17 bits per heavy atom. The maximum Gasteiger partial charge on any atom is 0.270 e. The van der Waals surface area contributed by atoms with Crippen LogP contribution in [-0.4, -0.2) is 34.7 Å². The monoisotopic (exact) mass is 288 g/mol. The second-order valence-electron chi connectivity index (χ2n) is 4.07. The van der Waals surface area contributed by atoms with Gasteiger partial charge in [0.2, 0.25) is 0 Å². The van der Waals surface area contributed by atoms with Gasteiger partial charge in [0.25, 0.3) is 10.1 Å². The Morgan fingerprint density at radius 3 is 1.89 bits per heavy atom. The van der Waals surface area contributed by atoms with Crippen molar-refractivity contribution in [3.05, 3.63) is 35.4 Å². The highest BCUT2D eigenvalue weighted by Crippen LogP contribution is 2.39. The van der Waals surface area contributed by atoms with E-state index in [-0.39, 0.29) is 11.1 Å². The lowest BCUT2D eigenvalue weighted by atomic mass is 9.99. The van der Waals surface area contributed by atoms with Gasteiger partial charge in [0.1, 0.15) is 5.25 Å². The van der Waals surface area contributed by atoms with Crippen LogP contribution in [0.1, 0.15) is 27.6 Å². The molecule has 96 valence electrons. The summed E-state index contributed by atoms with van der Waals surface area (Å²) in [6, 6.07) is 5.89. The van der Waals surface area contributed by atoms with Crippen molar-refractivity contribution in [1.29, 1.82) is 0 Å². The van der Waals surface area contributed by atoms with Crippen molar-refractivity contribution in [3.8, 4) is 0 Å². The zero-order valence-electron chi connectivity index (χ0n) is 9.25. The highest BCUT2D eigenvalue weighted by Gasteiger charge is 2.58. The van der Waals surface area contributed by atoms with Crippen LogP contribution in [0.3, 0.4) is 0 Å². The fraction of sp³-hybridized carbons (Fsp3) is 0.273. The predicted molar refractivity (Wildman–Crippen MR) is 64.7 cm³/mol. The van der Waals surface area contributed by atoms with Gasteiger partial charge >= 0.3 is 0 Å². The van der Waals surface area contributed by atoms with Gasteiger partial charge in [-0.05, 0) is 6.92 Å². The molecule has 5 nitrogen and oxygen atoms in total. The first kappa shape index (κ1) is 13.2. The summed E-state index contributed by atoms with van der Waals surface area (Å²) in [5.41, 5.74) is 0.154. The molecule has 1 aliphatic rings. The number of fused-ring (bicyclic) bond motifs is 1. The van der Waals surface area contributed by atoms with Gasteiger partial charge in [-0.1, -0.05) is 35.9 Å². The fourth-order valence-corrected chi connectivity index (χ4v) is 3.11. The van der Waals surface area contributed by atoms with Crippen molar-refractivity contribution >= 4 is 33.3 Å². The molecule has 1 aromatic carbocycles. The zero-order chi connectivity index (χ0) is 13.7. The van der Waals surface area contributed by atoms with Gasteiger partial charge in [-0.25, -0.2) is 0 Å². The second-order valence-corrected chi connectivity index (χ2v) is 6.41. The van der Waals surface area contributed by atoms with E-state index >= 15 is 0 Å². The molecule has 0 bridgehead atoms. The van der Waals surface area contributed by atoms with Crippen LogP contribution in [0.5, 0.6) is 0 Å². The summed E-state index contributed by atoms with van der Waals surface area (Å²) in [6.45, 7) is 1.03. The van der Waals surface area contributed by atoms with Crippen LogP contribution < -0.4 is 0 Å². The molecule has 0 heterocycles. The summed E-state index contributed by atoms with van der Waals surface area (Å²) in [5, 5.41) is -1.71. The van der Waals surface area contributed by atoms with Crippen LogP contribution in [0.15, 0.2) is 24.3 Å². The van der Waals surface area contributed by atoms with Crippen molar-refractivity contribution in [3.63, 3.8) is 0 Å². The van der Waals surface area contributed by atoms with Crippen molar-refractivity contribution < 1.29 is 22.6 Å². The number of carbonyl (C=O) groups excluding carboxylic acids is 2.